The lowest BCUT2D eigenvalue weighted by Crippen LogP contribution is -2.40. The van der Waals surface area contributed by atoms with Gasteiger partial charge in [0.25, 0.3) is 0 Å². The Labute approximate surface area is 178 Å². The van der Waals surface area contributed by atoms with Crippen LogP contribution in [0, 0.1) is 5.92 Å². The standard InChI is InChI=1S/C23H33N3O4/c1-2-30-23(29)13-10-19-8-11-20(12-9-19)25-22(28)17-26(16-21(24)27)15-14-18-6-4-3-5-7-18/h8-13,18H,2-7,14-17H2,1H3,(H2,24,27)(H,25,28)/b13-10+. The van der Waals surface area contributed by atoms with Crippen LogP contribution in [0.15, 0.2) is 30.3 Å². The lowest BCUT2D eigenvalue weighted by Gasteiger charge is -2.26. The number of esters is 1. The molecule has 30 heavy (non-hydrogen) atoms. The van der Waals surface area contributed by atoms with E-state index in [4.69, 9.17) is 10.5 Å². The van der Waals surface area contributed by atoms with Crippen LogP contribution in [0.4, 0.5) is 5.69 Å². The summed E-state index contributed by atoms with van der Waals surface area (Å²) in [6, 6.07) is 7.14. The summed E-state index contributed by atoms with van der Waals surface area (Å²) in [6.45, 7) is 2.99. The second-order valence-corrected chi connectivity index (χ2v) is 7.73. The highest BCUT2D eigenvalue weighted by Crippen LogP contribution is 2.26. The molecule has 0 radical (unpaired) electrons. The van der Waals surface area contributed by atoms with Crippen molar-refractivity contribution >= 4 is 29.5 Å². The van der Waals surface area contributed by atoms with Gasteiger partial charge in [0.2, 0.25) is 11.8 Å². The van der Waals surface area contributed by atoms with E-state index < -0.39 is 11.9 Å². The number of carbonyl (C=O) groups is 3. The van der Waals surface area contributed by atoms with Crippen LogP contribution < -0.4 is 11.1 Å². The summed E-state index contributed by atoms with van der Waals surface area (Å²) in [5, 5.41) is 2.85. The highest BCUT2D eigenvalue weighted by Gasteiger charge is 2.18. The summed E-state index contributed by atoms with van der Waals surface area (Å²) in [5.74, 6) is -0.330. The molecule has 1 aromatic rings. The third-order valence-corrected chi connectivity index (χ3v) is 5.22. The van der Waals surface area contributed by atoms with E-state index >= 15 is 0 Å². The number of rotatable bonds is 11. The van der Waals surface area contributed by atoms with Crippen molar-refractivity contribution in [1.29, 1.82) is 0 Å². The summed E-state index contributed by atoms with van der Waals surface area (Å²) in [7, 11) is 0. The van der Waals surface area contributed by atoms with Crippen molar-refractivity contribution in [3.05, 3.63) is 35.9 Å². The first kappa shape index (κ1) is 23.6. The van der Waals surface area contributed by atoms with Gasteiger partial charge in [-0.2, -0.15) is 0 Å². The number of nitrogens with two attached hydrogens (primary N) is 1. The molecule has 1 saturated carbocycles. The van der Waals surface area contributed by atoms with E-state index in [-0.39, 0.29) is 19.0 Å². The van der Waals surface area contributed by atoms with Gasteiger partial charge in [-0.1, -0.05) is 44.2 Å². The molecular weight excluding hydrogens is 382 g/mol. The number of amides is 2. The zero-order valence-corrected chi connectivity index (χ0v) is 17.8. The molecule has 3 N–H and O–H groups in total. The Morgan fingerprint density at radius 2 is 1.83 bits per heavy atom. The molecule has 2 rings (SSSR count). The van der Waals surface area contributed by atoms with Crippen LogP contribution in [0.3, 0.4) is 0 Å². The van der Waals surface area contributed by atoms with Crippen LogP contribution in [-0.4, -0.2) is 48.9 Å². The molecule has 0 aliphatic heterocycles. The lowest BCUT2D eigenvalue weighted by molar-refractivity contribution is -0.137. The zero-order chi connectivity index (χ0) is 21.8. The van der Waals surface area contributed by atoms with Crippen molar-refractivity contribution < 1.29 is 19.1 Å². The molecule has 0 heterocycles. The number of ether oxygens (including phenoxy) is 1. The minimum absolute atomic E-state index is 0.0811. The number of hydrogen-bond acceptors (Lipinski definition) is 5. The smallest absolute Gasteiger partial charge is 0.330 e. The first-order valence-corrected chi connectivity index (χ1v) is 10.7. The monoisotopic (exact) mass is 415 g/mol. The fourth-order valence-corrected chi connectivity index (χ4v) is 3.71. The van der Waals surface area contributed by atoms with Gasteiger partial charge < -0.3 is 15.8 Å². The van der Waals surface area contributed by atoms with Crippen molar-refractivity contribution in [2.75, 3.05) is 31.6 Å². The molecular formula is C23H33N3O4. The first-order valence-electron chi connectivity index (χ1n) is 10.7. The Bertz CT molecular complexity index is 724. The van der Waals surface area contributed by atoms with E-state index in [9.17, 15) is 14.4 Å². The average molecular weight is 416 g/mol. The quantitative estimate of drug-likeness (QED) is 0.427. The largest absolute Gasteiger partial charge is 0.463 e. The summed E-state index contributed by atoms with van der Waals surface area (Å²) < 4.78 is 4.84. The van der Waals surface area contributed by atoms with E-state index in [1.54, 1.807) is 37.3 Å². The average Bonchev–Trinajstić information content (AvgIpc) is 2.72. The van der Waals surface area contributed by atoms with Gasteiger partial charge in [0.1, 0.15) is 0 Å². The van der Waals surface area contributed by atoms with Crippen molar-refractivity contribution in [2.45, 2.75) is 45.4 Å². The summed E-state index contributed by atoms with van der Waals surface area (Å²) in [4.78, 5) is 37.0. The highest BCUT2D eigenvalue weighted by molar-refractivity contribution is 5.93. The maximum absolute atomic E-state index is 12.4. The van der Waals surface area contributed by atoms with Gasteiger partial charge >= 0.3 is 5.97 Å². The molecule has 7 nitrogen and oxygen atoms in total. The van der Waals surface area contributed by atoms with Gasteiger partial charge in [0, 0.05) is 11.8 Å². The number of benzene rings is 1. The first-order chi connectivity index (χ1) is 14.5. The number of nitrogens with zero attached hydrogens (tertiary/aromatic N) is 1. The van der Waals surface area contributed by atoms with Crippen LogP contribution in [0.1, 0.15) is 51.0 Å². The molecule has 1 aliphatic rings. The molecule has 164 valence electrons. The Kier molecular flexibility index (Phi) is 10.1. The van der Waals surface area contributed by atoms with Crippen molar-refractivity contribution in [2.24, 2.45) is 11.7 Å². The minimum Gasteiger partial charge on any atom is -0.463 e. The second-order valence-electron chi connectivity index (χ2n) is 7.73. The van der Waals surface area contributed by atoms with E-state index in [2.05, 4.69) is 5.32 Å². The van der Waals surface area contributed by atoms with Crippen molar-refractivity contribution in [1.82, 2.24) is 4.90 Å². The predicted molar refractivity (Wildman–Crippen MR) is 118 cm³/mol. The Morgan fingerprint density at radius 3 is 2.47 bits per heavy atom. The number of nitrogens with one attached hydrogen (secondary N) is 1. The normalized spacial score (nSPS) is 14.7. The summed E-state index contributed by atoms with van der Waals surface area (Å²) in [5.41, 5.74) is 6.84. The number of hydrogen-bond donors (Lipinski definition) is 2. The van der Waals surface area contributed by atoms with Crippen LogP contribution in [0.5, 0.6) is 0 Å². The lowest BCUT2D eigenvalue weighted by atomic mass is 9.87. The van der Waals surface area contributed by atoms with Gasteiger partial charge in [0.15, 0.2) is 0 Å². The SMILES string of the molecule is CCOC(=O)/C=C/c1ccc(NC(=O)CN(CCC2CCCCC2)CC(N)=O)cc1. The Hall–Kier alpha value is -2.67. The molecule has 0 unspecified atom stereocenters. The fourth-order valence-electron chi connectivity index (χ4n) is 3.71. The van der Waals surface area contributed by atoms with Gasteiger partial charge in [-0.3, -0.25) is 14.5 Å². The Balaban J connectivity index is 1.84. The minimum atomic E-state index is -0.427. The number of carbonyl (C=O) groups excluding carboxylic acids is 3. The van der Waals surface area contributed by atoms with Gasteiger partial charge in [0.05, 0.1) is 19.7 Å². The van der Waals surface area contributed by atoms with Crippen LogP contribution in [-0.2, 0) is 19.1 Å². The molecule has 7 heteroatoms. The topological polar surface area (TPSA) is 102 Å². The molecule has 0 saturated heterocycles. The molecule has 0 spiro atoms. The predicted octanol–water partition coefficient (Wildman–Crippen LogP) is 2.96. The van der Waals surface area contributed by atoms with E-state index in [0.29, 0.717) is 24.8 Å². The third kappa shape index (κ3) is 9.22. The maximum atomic E-state index is 12.4. The maximum Gasteiger partial charge on any atom is 0.330 e. The molecule has 1 fully saturated rings. The number of anilines is 1. The highest BCUT2D eigenvalue weighted by atomic mass is 16.5. The molecule has 0 bridgehead atoms. The molecule has 1 aliphatic carbocycles. The van der Waals surface area contributed by atoms with Gasteiger partial charge in [-0.25, -0.2) is 4.79 Å². The Morgan fingerprint density at radius 1 is 1.13 bits per heavy atom. The van der Waals surface area contributed by atoms with E-state index in [1.807, 2.05) is 4.90 Å². The third-order valence-electron chi connectivity index (χ3n) is 5.22. The van der Waals surface area contributed by atoms with Crippen molar-refractivity contribution in [3.63, 3.8) is 0 Å². The van der Waals surface area contributed by atoms with Gasteiger partial charge in [-0.15, -0.1) is 0 Å². The fraction of sp³-hybridized carbons (Fsp3) is 0.522. The summed E-state index contributed by atoms with van der Waals surface area (Å²) in [6.07, 6.45) is 10.3. The zero-order valence-electron chi connectivity index (χ0n) is 17.8. The van der Waals surface area contributed by atoms with E-state index in [0.717, 1.165) is 12.0 Å². The van der Waals surface area contributed by atoms with Crippen LogP contribution in [0.2, 0.25) is 0 Å². The molecule has 1 aromatic carbocycles. The summed E-state index contributed by atoms with van der Waals surface area (Å²) >= 11 is 0. The van der Waals surface area contributed by atoms with E-state index in [1.165, 1.54) is 38.2 Å². The van der Waals surface area contributed by atoms with Crippen LogP contribution in [0.25, 0.3) is 6.08 Å². The molecule has 0 aromatic heterocycles. The van der Waals surface area contributed by atoms with Crippen molar-refractivity contribution in [3.8, 4) is 0 Å². The number of primary amides is 1. The van der Waals surface area contributed by atoms with Crippen LogP contribution >= 0.6 is 0 Å². The molecule has 2 amide bonds. The molecule has 0 atom stereocenters. The van der Waals surface area contributed by atoms with Gasteiger partial charge in [-0.05, 0) is 49.6 Å². The second kappa shape index (κ2) is 12.8.